The maximum absolute atomic E-state index is 4.45. The van der Waals surface area contributed by atoms with Gasteiger partial charge in [-0.2, -0.15) is 0 Å². The summed E-state index contributed by atoms with van der Waals surface area (Å²) in [5.74, 6) is 0. The number of fused-ring (bicyclic) bond motifs is 1. The predicted molar refractivity (Wildman–Crippen MR) is 265 cm³/mol. The number of para-hydroxylation sites is 3. The van der Waals surface area contributed by atoms with E-state index in [0.717, 1.165) is 50.8 Å². The van der Waals surface area contributed by atoms with Crippen LogP contribution in [0.4, 0.5) is 28.4 Å². The van der Waals surface area contributed by atoms with E-state index in [1.165, 1.54) is 27.5 Å². The van der Waals surface area contributed by atoms with E-state index in [9.17, 15) is 0 Å². The molecule has 0 amide bonds. The van der Waals surface area contributed by atoms with Gasteiger partial charge in [0.2, 0.25) is 0 Å². The summed E-state index contributed by atoms with van der Waals surface area (Å²) in [6, 6.07) is 61.6. The van der Waals surface area contributed by atoms with Crippen molar-refractivity contribution in [3.63, 3.8) is 0 Å². The van der Waals surface area contributed by atoms with Crippen molar-refractivity contribution in [2.75, 3.05) is 10.2 Å². The third-order valence-electron chi connectivity index (χ3n) is 10.4. The minimum Gasteiger partial charge on any atom is -0.355 e. The van der Waals surface area contributed by atoms with Crippen LogP contribution in [0.2, 0.25) is 0 Å². The molecule has 0 spiro atoms. The largest absolute Gasteiger partial charge is 0.355 e. The van der Waals surface area contributed by atoms with Gasteiger partial charge in [-0.3, -0.25) is 0 Å². The van der Waals surface area contributed by atoms with Crippen molar-refractivity contribution < 1.29 is 0 Å². The quantitative estimate of drug-likeness (QED) is 0.0984. The Morgan fingerprint density at radius 1 is 0.541 bits per heavy atom. The fourth-order valence-electron chi connectivity index (χ4n) is 7.29. The van der Waals surface area contributed by atoms with Gasteiger partial charge < -0.3 is 15.1 Å². The van der Waals surface area contributed by atoms with Crippen molar-refractivity contribution in [1.29, 1.82) is 0 Å². The van der Waals surface area contributed by atoms with Crippen LogP contribution in [0.1, 0.15) is 25.0 Å². The van der Waals surface area contributed by atoms with E-state index in [1.807, 2.05) is 61.7 Å². The van der Waals surface area contributed by atoms with Crippen LogP contribution in [-0.4, -0.2) is 4.90 Å². The lowest BCUT2D eigenvalue weighted by atomic mass is 9.96. The second-order valence-electron chi connectivity index (χ2n) is 14.4. The van der Waals surface area contributed by atoms with Crippen LogP contribution in [0.15, 0.2) is 262 Å². The van der Waals surface area contributed by atoms with E-state index in [4.69, 9.17) is 0 Å². The van der Waals surface area contributed by atoms with Crippen LogP contribution in [0.5, 0.6) is 0 Å². The summed E-state index contributed by atoms with van der Waals surface area (Å²) in [6.45, 7) is 12.5. The molecule has 0 aliphatic rings. The predicted octanol–water partition coefficient (Wildman–Crippen LogP) is 16.4. The number of rotatable bonds is 16. The summed E-state index contributed by atoms with van der Waals surface area (Å²) >= 11 is 0. The van der Waals surface area contributed by atoms with Crippen molar-refractivity contribution in [1.82, 2.24) is 4.90 Å². The number of hydrogen-bond donors (Lipinski definition) is 1. The summed E-state index contributed by atoms with van der Waals surface area (Å²) in [5.41, 5.74) is 13.0. The highest BCUT2D eigenvalue weighted by molar-refractivity contribution is 6.04. The molecule has 0 fully saturated rings. The lowest BCUT2D eigenvalue weighted by Gasteiger charge is -2.27. The lowest BCUT2D eigenvalue weighted by Crippen LogP contribution is -2.10. The standard InChI is InChI=1S/C58H51N3/c1-5-7-8-22-43-60(50(6-2)38-35-46(4)54-31-20-21-34-57(54)59-49-27-14-10-15-28-49)44-23-24-45(3)53-41-42-58(56-33-19-18-32-55(53)56)61(51-29-16-11-17-30-51)52-39-36-48(37-40-52)47-25-12-9-13-26-47/h5-44,59H,1,4H2,2-3H3/b8-7-,38-35-,43-22-,44-23+,45-24+,50-6+. The van der Waals surface area contributed by atoms with E-state index >= 15 is 0 Å². The molecular formula is C58H51N3. The second kappa shape index (κ2) is 20.7. The fraction of sp³-hybridized carbons (Fsp3) is 0.0345. The molecule has 7 aromatic rings. The number of hydrogen-bond acceptors (Lipinski definition) is 3. The number of allylic oxidation sites excluding steroid dienone is 11. The zero-order valence-corrected chi connectivity index (χ0v) is 34.9. The topological polar surface area (TPSA) is 18.5 Å². The minimum absolute atomic E-state index is 0.902. The summed E-state index contributed by atoms with van der Waals surface area (Å²) in [4.78, 5) is 4.46. The molecule has 0 atom stereocenters. The molecule has 3 nitrogen and oxygen atoms in total. The van der Waals surface area contributed by atoms with E-state index in [0.29, 0.717) is 0 Å². The monoisotopic (exact) mass is 789 g/mol. The zero-order valence-electron chi connectivity index (χ0n) is 34.9. The van der Waals surface area contributed by atoms with Gasteiger partial charge in [-0.25, -0.2) is 0 Å². The van der Waals surface area contributed by atoms with Crippen LogP contribution in [0.25, 0.3) is 33.0 Å². The third-order valence-corrected chi connectivity index (χ3v) is 10.4. The summed E-state index contributed by atoms with van der Waals surface area (Å²) in [6.07, 6.45) is 22.4. The van der Waals surface area contributed by atoms with Gasteiger partial charge in [0.05, 0.1) is 5.69 Å². The number of benzene rings is 7. The molecule has 0 saturated heterocycles. The molecule has 0 heterocycles. The highest BCUT2D eigenvalue weighted by atomic mass is 15.1. The Bertz CT molecular complexity index is 2750. The van der Waals surface area contributed by atoms with Crippen LogP contribution in [0, 0.1) is 0 Å². The Labute approximate surface area is 362 Å². The van der Waals surface area contributed by atoms with Gasteiger partial charge in [0.1, 0.15) is 0 Å². The SMILES string of the molecule is C=C/C=C\C=C/N(/C=C/C=C(\C)c1ccc(N(c2ccccc2)c2ccc(-c3ccccc3)cc2)c2ccccc12)C(/C=C\C(=C)c1ccccc1Nc1ccccc1)=C/C. The fourth-order valence-corrected chi connectivity index (χ4v) is 7.29. The molecule has 0 aliphatic heterocycles. The Morgan fingerprint density at radius 3 is 1.87 bits per heavy atom. The van der Waals surface area contributed by atoms with Crippen molar-refractivity contribution in [2.45, 2.75) is 13.8 Å². The first-order valence-corrected chi connectivity index (χ1v) is 20.6. The first-order valence-electron chi connectivity index (χ1n) is 20.6. The van der Waals surface area contributed by atoms with Gasteiger partial charge >= 0.3 is 0 Å². The Hall–Kier alpha value is -7.88. The average Bonchev–Trinajstić information content (AvgIpc) is 3.31. The molecular weight excluding hydrogens is 739 g/mol. The number of anilines is 5. The first kappa shape index (κ1) is 41.3. The highest BCUT2D eigenvalue weighted by Crippen LogP contribution is 2.41. The molecule has 7 aromatic carbocycles. The molecule has 0 aromatic heterocycles. The maximum atomic E-state index is 4.45. The van der Waals surface area contributed by atoms with Gasteiger partial charge in [0.25, 0.3) is 0 Å². The van der Waals surface area contributed by atoms with E-state index in [1.54, 1.807) is 6.08 Å². The third kappa shape index (κ3) is 10.4. The van der Waals surface area contributed by atoms with Gasteiger partial charge in [-0.15, -0.1) is 0 Å². The van der Waals surface area contributed by atoms with Gasteiger partial charge in [-0.05, 0) is 114 Å². The smallest absolute Gasteiger partial charge is 0.0540 e. The molecule has 7 rings (SSSR count). The van der Waals surface area contributed by atoms with Crippen molar-refractivity contribution in [3.8, 4) is 11.1 Å². The molecule has 1 N–H and O–H groups in total. The molecule has 0 radical (unpaired) electrons. The number of nitrogens with one attached hydrogen (secondary N) is 1. The zero-order chi connectivity index (χ0) is 42.2. The Balaban J connectivity index is 1.17. The molecule has 0 aliphatic carbocycles. The molecule has 0 bridgehead atoms. The second-order valence-corrected chi connectivity index (χ2v) is 14.4. The van der Waals surface area contributed by atoms with Crippen LogP contribution >= 0.6 is 0 Å². The van der Waals surface area contributed by atoms with Crippen LogP contribution < -0.4 is 10.2 Å². The maximum Gasteiger partial charge on any atom is 0.0540 e. The van der Waals surface area contributed by atoms with Crippen LogP contribution in [0.3, 0.4) is 0 Å². The van der Waals surface area contributed by atoms with Crippen molar-refractivity contribution in [2.24, 2.45) is 0 Å². The molecule has 61 heavy (non-hydrogen) atoms. The van der Waals surface area contributed by atoms with Crippen LogP contribution in [-0.2, 0) is 0 Å². The van der Waals surface area contributed by atoms with Gasteiger partial charge in [0.15, 0.2) is 0 Å². The first-order chi connectivity index (χ1) is 30.0. The van der Waals surface area contributed by atoms with Crippen molar-refractivity contribution in [3.05, 3.63) is 273 Å². The molecule has 0 unspecified atom stereocenters. The van der Waals surface area contributed by atoms with Gasteiger partial charge in [0, 0.05) is 51.8 Å². The van der Waals surface area contributed by atoms with E-state index in [2.05, 4.69) is 217 Å². The molecule has 0 saturated carbocycles. The Morgan fingerprint density at radius 2 is 1.15 bits per heavy atom. The summed E-state index contributed by atoms with van der Waals surface area (Å²) in [5, 5.41) is 5.91. The lowest BCUT2D eigenvalue weighted by molar-refractivity contribution is 0.649. The normalized spacial score (nSPS) is 12.2. The molecule has 298 valence electrons. The Kier molecular flexibility index (Phi) is 14.0. The average molecular weight is 790 g/mol. The minimum atomic E-state index is 0.902. The van der Waals surface area contributed by atoms with Gasteiger partial charge in [-0.1, -0.05) is 177 Å². The summed E-state index contributed by atoms with van der Waals surface area (Å²) in [7, 11) is 0. The number of nitrogens with zero attached hydrogens (tertiary/aromatic N) is 2. The highest BCUT2D eigenvalue weighted by Gasteiger charge is 2.17. The van der Waals surface area contributed by atoms with E-state index in [-0.39, 0.29) is 0 Å². The summed E-state index contributed by atoms with van der Waals surface area (Å²) < 4.78 is 0. The van der Waals surface area contributed by atoms with Crippen molar-refractivity contribution >= 4 is 50.4 Å². The molecule has 3 heteroatoms. The van der Waals surface area contributed by atoms with E-state index < -0.39 is 0 Å².